The van der Waals surface area contributed by atoms with Crippen LogP contribution in [0.25, 0.3) is 0 Å². The molecular weight excluding hydrogens is 372 g/mol. The topological polar surface area (TPSA) is 64.5 Å². The maximum atomic E-state index is 11.5. The average Bonchev–Trinajstić information content (AvgIpc) is 3.30. The molecule has 0 aliphatic heterocycles. The van der Waals surface area contributed by atoms with E-state index in [0.29, 0.717) is 13.1 Å². The predicted octanol–water partition coefficient (Wildman–Crippen LogP) is 3.97. The molecule has 2 saturated carbocycles. The molecule has 4 nitrogen and oxygen atoms in total. The van der Waals surface area contributed by atoms with Crippen LogP contribution in [0, 0.1) is 11.8 Å². The molecule has 2 aliphatic carbocycles. The van der Waals surface area contributed by atoms with Crippen molar-refractivity contribution in [2.75, 3.05) is 13.1 Å². The second kappa shape index (κ2) is 8.80. The number of benzene rings is 2. The summed E-state index contributed by atoms with van der Waals surface area (Å²) in [5.74, 6) is 0.318. The average molecular weight is 409 g/mol. The van der Waals surface area contributed by atoms with Gasteiger partial charge in [-0.05, 0) is 62.5 Å². The largest absolute Gasteiger partial charge is 0.388 e. The molecule has 0 radical (unpaired) electrons. The highest BCUT2D eigenvalue weighted by Gasteiger charge is 2.58. The summed E-state index contributed by atoms with van der Waals surface area (Å²) in [6.07, 6.45) is 3.29. The lowest BCUT2D eigenvalue weighted by atomic mass is 9.83. The van der Waals surface area contributed by atoms with Crippen molar-refractivity contribution in [2.24, 2.45) is 11.8 Å². The Morgan fingerprint density at radius 1 is 0.733 bits per heavy atom. The van der Waals surface area contributed by atoms with Crippen molar-refractivity contribution < 1.29 is 10.2 Å². The van der Waals surface area contributed by atoms with Crippen LogP contribution in [0.1, 0.15) is 62.7 Å². The van der Waals surface area contributed by atoms with Gasteiger partial charge in [-0.25, -0.2) is 0 Å². The lowest BCUT2D eigenvalue weighted by molar-refractivity contribution is -0.0300. The molecule has 0 amide bonds. The summed E-state index contributed by atoms with van der Waals surface area (Å²) in [6.45, 7) is 5.44. The summed E-state index contributed by atoms with van der Waals surface area (Å²) in [5.41, 5.74) is 1.00. The van der Waals surface area contributed by atoms with Gasteiger partial charge in [0, 0.05) is 25.2 Å². The molecule has 2 aliphatic rings. The number of nitrogens with one attached hydrogen (secondary N) is 2. The van der Waals surface area contributed by atoms with Crippen molar-refractivity contribution >= 4 is 0 Å². The monoisotopic (exact) mass is 408 g/mol. The first-order valence-electron chi connectivity index (χ1n) is 11.4. The molecule has 4 heteroatoms. The Bertz CT molecular complexity index is 745. The third-order valence-electron chi connectivity index (χ3n) is 7.67. The number of fused-ring (bicyclic) bond motifs is 1. The predicted molar refractivity (Wildman–Crippen MR) is 121 cm³/mol. The third kappa shape index (κ3) is 4.33. The first-order chi connectivity index (χ1) is 14.4. The zero-order valence-corrected chi connectivity index (χ0v) is 18.2. The standard InChI is InChI=1S/C26H36N2O2/c1-19(21-9-5-3-6-10-21)27-17-25(29)15-13-24-23(25)14-16-26(24,30)18-28-20(2)22-11-7-4-8-12-22/h3-12,19-20,23-24,27-30H,13-18H2,1-2H3/t19-,20-,23+,24+,25+,26+/m0/s1. The van der Waals surface area contributed by atoms with E-state index in [0.717, 1.165) is 25.7 Å². The van der Waals surface area contributed by atoms with E-state index >= 15 is 0 Å². The quantitative estimate of drug-likeness (QED) is 0.534. The van der Waals surface area contributed by atoms with Crippen molar-refractivity contribution in [3.63, 3.8) is 0 Å². The lowest BCUT2D eigenvalue weighted by Crippen LogP contribution is -2.48. The minimum Gasteiger partial charge on any atom is -0.388 e. The molecule has 0 heterocycles. The summed E-state index contributed by atoms with van der Waals surface area (Å²) in [5, 5.41) is 30.0. The molecule has 6 atom stereocenters. The first kappa shape index (κ1) is 21.5. The minimum atomic E-state index is -0.733. The van der Waals surface area contributed by atoms with Gasteiger partial charge < -0.3 is 20.8 Å². The van der Waals surface area contributed by atoms with Crippen LogP contribution in [0.5, 0.6) is 0 Å². The van der Waals surface area contributed by atoms with Crippen LogP contribution in [0.15, 0.2) is 60.7 Å². The Kier molecular flexibility index (Phi) is 6.31. The summed E-state index contributed by atoms with van der Waals surface area (Å²) >= 11 is 0. The maximum Gasteiger partial charge on any atom is 0.0803 e. The van der Waals surface area contributed by atoms with Crippen LogP contribution < -0.4 is 10.6 Å². The van der Waals surface area contributed by atoms with Crippen molar-refractivity contribution in [3.8, 4) is 0 Å². The molecule has 162 valence electrons. The van der Waals surface area contributed by atoms with E-state index in [1.165, 1.54) is 11.1 Å². The fraction of sp³-hybridized carbons (Fsp3) is 0.538. The number of hydrogen-bond donors (Lipinski definition) is 4. The molecule has 0 aromatic heterocycles. The fourth-order valence-electron chi connectivity index (χ4n) is 5.69. The second-order valence-electron chi connectivity index (χ2n) is 9.52. The van der Waals surface area contributed by atoms with Crippen molar-refractivity contribution in [1.82, 2.24) is 10.6 Å². The van der Waals surface area contributed by atoms with Gasteiger partial charge in [-0.3, -0.25) is 0 Å². The first-order valence-corrected chi connectivity index (χ1v) is 11.4. The van der Waals surface area contributed by atoms with Crippen LogP contribution in [0.3, 0.4) is 0 Å². The Morgan fingerprint density at radius 3 is 1.47 bits per heavy atom. The molecule has 0 saturated heterocycles. The molecule has 2 aromatic rings. The molecular formula is C26H36N2O2. The van der Waals surface area contributed by atoms with E-state index in [2.05, 4.69) is 48.7 Å². The summed E-state index contributed by atoms with van der Waals surface area (Å²) < 4.78 is 0. The van der Waals surface area contributed by atoms with Crippen molar-refractivity contribution in [1.29, 1.82) is 0 Å². The molecule has 0 bridgehead atoms. The zero-order valence-electron chi connectivity index (χ0n) is 18.2. The second-order valence-corrected chi connectivity index (χ2v) is 9.52. The lowest BCUT2D eigenvalue weighted by Gasteiger charge is -2.34. The van der Waals surface area contributed by atoms with E-state index < -0.39 is 11.2 Å². The van der Waals surface area contributed by atoms with Gasteiger partial charge in [0.15, 0.2) is 0 Å². The van der Waals surface area contributed by atoms with Crippen LogP contribution >= 0.6 is 0 Å². The Labute approximate surface area is 180 Å². The Morgan fingerprint density at radius 2 is 1.10 bits per heavy atom. The summed E-state index contributed by atoms with van der Waals surface area (Å²) in [6, 6.07) is 21.1. The third-order valence-corrected chi connectivity index (χ3v) is 7.67. The van der Waals surface area contributed by atoms with Gasteiger partial charge in [0.05, 0.1) is 11.2 Å². The number of rotatable bonds is 8. The van der Waals surface area contributed by atoms with Gasteiger partial charge in [0.25, 0.3) is 0 Å². The van der Waals surface area contributed by atoms with E-state index in [-0.39, 0.29) is 23.9 Å². The summed E-state index contributed by atoms with van der Waals surface area (Å²) in [7, 11) is 0. The highest BCUT2D eigenvalue weighted by molar-refractivity contribution is 5.20. The molecule has 30 heavy (non-hydrogen) atoms. The molecule has 2 aromatic carbocycles. The Balaban J connectivity index is 1.35. The normalized spacial score (nSPS) is 32.7. The van der Waals surface area contributed by atoms with Crippen LogP contribution in [-0.4, -0.2) is 34.5 Å². The number of aliphatic hydroxyl groups is 2. The van der Waals surface area contributed by atoms with E-state index in [1.54, 1.807) is 0 Å². The van der Waals surface area contributed by atoms with Gasteiger partial charge in [-0.15, -0.1) is 0 Å². The molecule has 4 rings (SSSR count). The van der Waals surface area contributed by atoms with Gasteiger partial charge >= 0.3 is 0 Å². The van der Waals surface area contributed by atoms with Crippen LogP contribution in [0.4, 0.5) is 0 Å². The number of hydrogen-bond acceptors (Lipinski definition) is 4. The van der Waals surface area contributed by atoms with Gasteiger partial charge in [0.1, 0.15) is 0 Å². The highest BCUT2D eigenvalue weighted by atomic mass is 16.3. The SMILES string of the molecule is C[C@H](NC[C@]1(O)CC[C@@H]2[C@H]1CC[C@@]2(O)CN[C@@H](C)c1ccccc1)c1ccccc1. The van der Waals surface area contributed by atoms with Gasteiger partial charge in [-0.2, -0.15) is 0 Å². The minimum absolute atomic E-state index is 0.159. The van der Waals surface area contributed by atoms with E-state index in [1.807, 2.05) is 36.4 Å². The molecule has 0 unspecified atom stereocenters. The zero-order chi connectivity index (χ0) is 21.2. The van der Waals surface area contributed by atoms with E-state index in [4.69, 9.17) is 0 Å². The fourth-order valence-corrected chi connectivity index (χ4v) is 5.69. The molecule has 0 spiro atoms. The van der Waals surface area contributed by atoms with Crippen molar-refractivity contribution in [2.45, 2.75) is 62.8 Å². The molecule has 2 fully saturated rings. The van der Waals surface area contributed by atoms with Crippen LogP contribution in [-0.2, 0) is 0 Å². The van der Waals surface area contributed by atoms with Gasteiger partial charge in [0.2, 0.25) is 0 Å². The maximum absolute atomic E-state index is 11.5. The van der Waals surface area contributed by atoms with Crippen molar-refractivity contribution in [3.05, 3.63) is 71.8 Å². The highest BCUT2D eigenvalue weighted by Crippen LogP contribution is 2.54. The smallest absolute Gasteiger partial charge is 0.0803 e. The Hall–Kier alpha value is -1.72. The van der Waals surface area contributed by atoms with E-state index in [9.17, 15) is 10.2 Å². The van der Waals surface area contributed by atoms with Crippen LogP contribution in [0.2, 0.25) is 0 Å². The summed E-state index contributed by atoms with van der Waals surface area (Å²) in [4.78, 5) is 0. The molecule has 4 N–H and O–H groups in total. The van der Waals surface area contributed by atoms with Gasteiger partial charge in [-0.1, -0.05) is 60.7 Å².